The lowest BCUT2D eigenvalue weighted by Gasteiger charge is -2.29. The first-order valence-corrected chi connectivity index (χ1v) is 12.4. The zero-order chi connectivity index (χ0) is 23.8. The number of quaternary nitrogens is 1. The standard InChI is InChI=1S/C23H28N6O3S/c1-4-28(3)22(30)21-18-15-16(9-10-19(18)25-23(24)26-21)17-7-5-6-8-20(17)33(31,32)29-13-11-27(2)12-14-29/h5-10,15H,4,11-14H2,1-3H3,(H2,24,25,26)/p+1. The third-order valence-corrected chi connectivity index (χ3v) is 8.25. The number of piperazine rings is 1. The molecule has 1 amide bonds. The average Bonchev–Trinajstić information content (AvgIpc) is 2.82. The van der Waals surface area contributed by atoms with Crippen molar-refractivity contribution in [2.45, 2.75) is 11.8 Å². The molecule has 2 heterocycles. The van der Waals surface area contributed by atoms with E-state index in [9.17, 15) is 13.2 Å². The van der Waals surface area contributed by atoms with Crippen molar-refractivity contribution < 1.29 is 17.5 Å². The molecule has 0 atom stereocenters. The molecule has 0 radical (unpaired) electrons. The summed E-state index contributed by atoms with van der Waals surface area (Å²) in [4.78, 5) is 25.3. The fraction of sp³-hybridized carbons (Fsp3) is 0.348. The van der Waals surface area contributed by atoms with Crippen molar-refractivity contribution in [2.24, 2.45) is 0 Å². The number of benzene rings is 2. The van der Waals surface area contributed by atoms with Gasteiger partial charge in [-0.15, -0.1) is 0 Å². The maximum Gasteiger partial charge on any atom is 0.326 e. The average molecular weight is 470 g/mol. The molecule has 1 aliphatic heterocycles. The van der Waals surface area contributed by atoms with Gasteiger partial charge in [-0.25, -0.2) is 14.3 Å². The first-order chi connectivity index (χ1) is 15.7. The van der Waals surface area contributed by atoms with Crippen LogP contribution < -0.4 is 10.0 Å². The topological polar surface area (TPSA) is 114 Å². The number of rotatable bonds is 5. The highest BCUT2D eigenvalue weighted by Gasteiger charge is 2.33. The number of aromatic nitrogens is 2. The van der Waals surface area contributed by atoms with Gasteiger partial charge >= 0.3 is 10.0 Å². The van der Waals surface area contributed by atoms with Crippen molar-refractivity contribution in [1.29, 1.82) is 0 Å². The Bertz CT molecular complexity index is 1300. The van der Waals surface area contributed by atoms with Gasteiger partial charge in [-0.3, -0.25) is 9.69 Å². The Morgan fingerprint density at radius 3 is 2.55 bits per heavy atom. The molecule has 174 valence electrons. The van der Waals surface area contributed by atoms with Gasteiger partial charge in [-0.05, 0) is 37.7 Å². The van der Waals surface area contributed by atoms with Crippen LogP contribution in [0.5, 0.6) is 0 Å². The van der Waals surface area contributed by atoms with Crippen molar-refractivity contribution in [3.8, 4) is 11.1 Å². The van der Waals surface area contributed by atoms with Gasteiger partial charge in [0.25, 0.3) is 5.91 Å². The summed E-state index contributed by atoms with van der Waals surface area (Å²) in [7, 11) is 0.0831. The molecule has 2 aromatic carbocycles. The Kier molecular flexibility index (Phi) is 6.33. The summed E-state index contributed by atoms with van der Waals surface area (Å²) in [5.74, 6) is -0.249. The van der Waals surface area contributed by atoms with Gasteiger partial charge in [0.2, 0.25) is 5.95 Å². The highest BCUT2D eigenvalue weighted by atomic mass is 32.2. The molecule has 0 bridgehead atoms. The van der Waals surface area contributed by atoms with Crippen LogP contribution >= 0.6 is 0 Å². The predicted octanol–water partition coefficient (Wildman–Crippen LogP) is 0.490. The van der Waals surface area contributed by atoms with Gasteiger partial charge in [0.1, 0.15) is 23.7 Å². The quantitative estimate of drug-likeness (QED) is 0.559. The first kappa shape index (κ1) is 23.1. The van der Waals surface area contributed by atoms with Crippen LogP contribution in [0.4, 0.5) is 5.95 Å². The second-order valence-electron chi connectivity index (χ2n) is 8.32. The third-order valence-electron chi connectivity index (χ3n) is 6.15. The Morgan fingerprint density at radius 2 is 1.85 bits per heavy atom. The van der Waals surface area contributed by atoms with Crippen LogP contribution in [0.1, 0.15) is 17.4 Å². The van der Waals surface area contributed by atoms with E-state index in [0.717, 1.165) is 13.1 Å². The number of nitrogens with one attached hydrogen (secondary N) is 1. The van der Waals surface area contributed by atoms with E-state index in [1.54, 1.807) is 48.3 Å². The van der Waals surface area contributed by atoms with Crippen LogP contribution in [0.3, 0.4) is 0 Å². The van der Waals surface area contributed by atoms with Crippen LogP contribution in [0.25, 0.3) is 22.0 Å². The van der Waals surface area contributed by atoms with Crippen molar-refractivity contribution in [3.05, 3.63) is 48.2 Å². The van der Waals surface area contributed by atoms with Crippen molar-refractivity contribution in [2.75, 3.05) is 52.6 Å². The molecular formula is C23H29N6O3S+. The van der Waals surface area contributed by atoms with E-state index in [4.69, 9.17) is 5.73 Å². The van der Waals surface area contributed by atoms with Gasteiger partial charge in [-0.1, -0.05) is 24.3 Å². The number of likely N-dealkylation sites (N-methyl/N-ethyl adjacent to an activating group) is 1. The number of anilines is 1. The maximum absolute atomic E-state index is 13.5. The largest absolute Gasteiger partial charge is 0.368 e. The molecule has 33 heavy (non-hydrogen) atoms. The van der Waals surface area contributed by atoms with E-state index >= 15 is 0 Å². The smallest absolute Gasteiger partial charge is 0.326 e. The van der Waals surface area contributed by atoms with Gasteiger partial charge in [0.15, 0.2) is 0 Å². The SMILES string of the molecule is CCN(C)C(=O)c1nc(N)nc2ccc(-c3ccccc3S(=O)(=O)[NH+]3CCN(C)CC3)cc12. The Balaban J connectivity index is 1.84. The lowest BCUT2D eigenvalue weighted by molar-refractivity contribution is -0.773. The number of nitrogens with zero attached hydrogens (tertiary/aromatic N) is 4. The van der Waals surface area contributed by atoms with E-state index in [-0.39, 0.29) is 22.4 Å². The Morgan fingerprint density at radius 1 is 1.15 bits per heavy atom. The number of amides is 1. The molecule has 1 aliphatic rings. The second kappa shape index (κ2) is 9.05. The minimum Gasteiger partial charge on any atom is -0.368 e. The summed E-state index contributed by atoms with van der Waals surface area (Å²) in [6, 6.07) is 12.3. The van der Waals surface area contributed by atoms with E-state index < -0.39 is 10.0 Å². The van der Waals surface area contributed by atoms with E-state index in [1.165, 1.54) is 0 Å². The fourth-order valence-electron chi connectivity index (χ4n) is 4.03. The summed E-state index contributed by atoms with van der Waals surface area (Å²) in [5.41, 5.74) is 7.85. The number of carbonyl (C=O) groups is 1. The van der Waals surface area contributed by atoms with Crippen LogP contribution in [-0.4, -0.2) is 80.9 Å². The van der Waals surface area contributed by atoms with E-state index in [1.807, 2.05) is 20.0 Å². The molecule has 1 aromatic heterocycles. The van der Waals surface area contributed by atoms with Gasteiger partial charge in [-0.2, -0.15) is 8.42 Å². The maximum atomic E-state index is 13.5. The number of carbonyl (C=O) groups excluding carboxylic acids is 1. The number of fused-ring (bicyclic) bond motifs is 1. The lowest BCUT2D eigenvalue weighted by atomic mass is 10.0. The van der Waals surface area contributed by atoms with Crippen LogP contribution in [0.2, 0.25) is 0 Å². The van der Waals surface area contributed by atoms with Crippen LogP contribution in [0, 0.1) is 0 Å². The predicted molar refractivity (Wildman–Crippen MR) is 127 cm³/mol. The minimum atomic E-state index is -3.60. The summed E-state index contributed by atoms with van der Waals surface area (Å²) in [6.45, 7) is 4.89. The summed E-state index contributed by atoms with van der Waals surface area (Å²) < 4.78 is 27.6. The monoisotopic (exact) mass is 469 g/mol. The zero-order valence-electron chi connectivity index (χ0n) is 19.1. The van der Waals surface area contributed by atoms with Crippen molar-refractivity contribution >= 4 is 32.8 Å². The highest BCUT2D eigenvalue weighted by molar-refractivity contribution is 7.85. The number of nitrogen functional groups attached to an aromatic ring is 1. The molecule has 3 N–H and O–H groups in total. The van der Waals surface area contributed by atoms with Crippen LogP contribution in [-0.2, 0) is 10.0 Å². The summed E-state index contributed by atoms with van der Waals surface area (Å²) in [6.07, 6.45) is 0. The molecule has 0 saturated carbocycles. The Hall–Kier alpha value is -3.08. The molecule has 1 saturated heterocycles. The third kappa shape index (κ3) is 4.41. The van der Waals surface area contributed by atoms with E-state index in [0.29, 0.717) is 46.0 Å². The molecule has 0 aliphatic carbocycles. The highest BCUT2D eigenvalue weighted by Crippen LogP contribution is 2.30. The van der Waals surface area contributed by atoms with Crippen LogP contribution in [0.15, 0.2) is 47.4 Å². The number of hydrogen-bond donors (Lipinski definition) is 2. The molecule has 3 aromatic rings. The summed E-state index contributed by atoms with van der Waals surface area (Å²) >= 11 is 0. The minimum absolute atomic E-state index is 0.0183. The normalized spacial score (nSPS) is 15.6. The molecule has 0 unspecified atom stereocenters. The van der Waals surface area contributed by atoms with Crippen molar-refractivity contribution in [1.82, 2.24) is 19.8 Å². The molecular weight excluding hydrogens is 440 g/mol. The molecule has 10 heteroatoms. The molecule has 4 rings (SSSR count). The number of sulfonamides is 1. The zero-order valence-corrected chi connectivity index (χ0v) is 19.9. The van der Waals surface area contributed by atoms with Gasteiger partial charge < -0.3 is 10.6 Å². The molecule has 9 nitrogen and oxygen atoms in total. The molecule has 0 spiro atoms. The summed E-state index contributed by atoms with van der Waals surface area (Å²) in [5, 5.41) is 0.533. The number of hydrogen-bond acceptors (Lipinski definition) is 7. The first-order valence-electron chi connectivity index (χ1n) is 10.9. The fourth-order valence-corrected chi connectivity index (χ4v) is 5.80. The second-order valence-corrected chi connectivity index (χ2v) is 10.3. The van der Waals surface area contributed by atoms with Gasteiger partial charge in [0, 0.05) is 37.6 Å². The number of nitrogens with two attached hydrogens (primary N) is 1. The van der Waals surface area contributed by atoms with Crippen molar-refractivity contribution in [3.63, 3.8) is 0 Å². The Labute approximate surface area is 193 Å². The molecule has 1 fully saturated rings. The van der Waals surface area contributed by atoms with E-state index in [2.05, 4.69) is 14.9 Å². The lowest BCUT2D eigenvalue weighted by Crippen LogP contribution is -3.16. The van der Waals surface area contributed by atoms with Gasteiger partial charge in [0.05, 0.1) is 5.52 Å².